The Kier molecular flexibility index (Phi) is 5.31. The van der Waals surface area contributed by atoms with Crippen molar-refractivity contribution < 1.29 is 4.79 Å². The van der Waals surface area contributed by atoms with Gasteiger partial charge >= 0.3 is 0 Å². The predicted octanol–water partition coefficient (Wildman–Crippen LogP) is 3.91. The van der Waals surface area contributed by atoms with Gasteiger partial charge in [0.25, 0.3) is 5.56 Å². The van der Waals surface area contributed by atoms with E-state index in [-0.39, 0.29) is 11.5 Å². The Bertz CT molecular complexity index is 1060. The molecule has 0 spiro atoms. The molecule has 2 heterocycles. The first-order chi connectivity index (χ1) is 13.1. The molecule has 0 saturated heterocycles. The van der Waals surface area contributed by atoms with Crippen molar-refractivity contribution in [3.8, 4) is 0 Å². The van der Waals surface area contributed by atoms with E-state index in [1.54, 1.807) is 11.3 Å². The number of amides is 1. The van der Waals surface area contributed by atoms with E-state index >= 15 is 0 Å². The first kappa shape index (κ1) is 18.3. The average Bonchev–Trinajstić information content (AvgIpc) is 3.22. The molecular weight excluding hydrogens is 378 g/mol. The van der Waals surface area contributed by atoms with E-state index in [0.717, 1.165) is 41.6 Å². The topological polar surface area (TPSA) is 74.8 Å². The standard InChI is InChI=1S/C20H21N3O2S2/c1-2-12-5-3-6-13(9-12)21-17(24)11-26-10-16-22-19(25)18-14-7-4-8-15(14)27-20(18)23-16/h3,5-6,9H,2,4,7-8,10-11H2,1H3,(H,21,24)(H,22,23,25). The molecule has 0 unspecified atom stereocenters. The Morgan fingerprint density at radius 3 is 3.11 bits per heavy atom. The van der Waals surface area contributed by atoms with Crippen LogP contribution in [0.1, 0.15) is 35.2 Å². The lowest BCUT2D eigenvalue weighted by Gasteiger charge is -2.06. The number of rotatable bonds is 6. The minimum atomic E-state index is -0.0493. The summed E-state index contributed by atoms with van der Waals surface area (Å²) in [4.78, 5) is 34.2. The number of H-pyrrole nitrogens is 1. The summed E-state index contributed by atoms with van der Waals surface area (Å²) < 4.78 is 0. The molecule has 0 radical (unpaired) electrons. The number of anilines is 1. The zero-order valence-electron chi connectivity index (χ0n) is 15.1. The first-order valence-electron chi connectivity index (χ1n) is 9.14. The van der Waals surface area contributed by atoms with Gasteiger partial charge in [0.1, 0.15) is 10.7 Å². The van der Waals surface area contributed by atoms with E-state index in [9.17, 15) is 9.59 Å². The molecule has 7 heteroatoms. The molecule has 1 amide bonds. The van der Waals surface area contributed by atoms with Gasteiger partial charge in [-0.2, -0.15) is 0 Å². The highest BCUT2D eigenvalue weighted by Crippen LogP contribution is 2.34. The molecule has 1 aliphatic rings. The third-order valence-corrected chi connectivity index (χ3v) is 6.84. The van der Waals surface area contributed by atoms with E-state index in [1.807, 2.05) is 24.3 Å². The number of thioether (sulfide) groups is 1. The molecule has 2 aromatic heterocycles. The molecule has 3 aromatic rings. The number of aromatic nitrogens is 2. The van der Waals surface area contributed by atoms with Crippen LogP contribution in [0, 0.1) is 0 Å². The maximum absolute atomic E-state index is 12.4. The summed E-state index contributed by atoms with van der Waals surface area (Å²) in [5.41, 5.74) is 3.16. The predicted molar refractivity (Wildman–Crippen MR) is 113 cm³/mol. The second-order valence-electron chi connectivity index (χ2n) is 6.65. The normalized spacial score (nSPS) is 13.1. The van der Waals surface area contributed by atoms with Crippen LogP contribution in [-0.4, -0.2) is 21.6 Å². The molecule has 140 valence electrons. The molecule has 0 atom stereocenters. The van der Waals surface area contributed by atoms with Gasteiger partial charge in [-0.3, -0.25) is 9.59 Å². The number of fused-ring (bicyclic) bond motifs is 3. The van der Waals surface area contributed by atoms with Crippen LogP contribution in [0.5, 0.6) is 0 Å². The summed E-state index contributed by atoms with van der Waals surface area (Å²) in [6.07, 6.45) is 4.10. The zero-order chi connectivity index (χ0) is 18.8. The molecule has 5 nitrogen and oxygen atoms in total. The van der Waals surface area contributed by atoms with Crippen molar-refractivity contribution in [2.75, 3.05) is 11.1 Å². The zero-order valence-corrected chi connectivity index (χ0v) is 16.8. The number of hydrogen-bond donors (Lipinski definition) is 2. The minimum Gasteiger partial charge on any atom is -0.325 e. The number of hydrogen-bond acceptors (Lipinski definition) is 5. The third-order valence-electron chi connectivity index (χ3n) is 4.72. The molecule has 1 aliphatic carbocycles. The van der Waals surface area contributed by atoms with Crippen LogP contribution in [0.4, 0.5) is 5.69 Å². The van der Waals surface area contributed by atoms with Gasteiger partial charge < -0.3 is 10.3 Å². The monoisotopic (exact) mass is 399 g/mol. The SMILES string of the molecule is CCc1cccc(NC(=O)CSCc2nc3sc4c(c3c(=O)[nH]2)CCC4)c1. The van der Waals surface area contributed by atoms with Crippen molar-refractivity contribution >= 4 is 44.9 Å². The lowest BCUT2D eigenvalue weighted by molar-refractivity contribution is -0.113. The fraction of sp³-hybridized carbons (Fsp3) is 0.350. The van der Waals surface area contributed by atoms with Crippen molar-refractivity contribution in [1.82, 2.24) is 9.97 Å². The first-order valence-corrected chi connectivity index (χ1v) is 11.1. The third kappa shape index (κ3) is 3.94. The number of thiophene rings is 1. The van der Waals surface area contributed by atoms with Crippen molar-refractivity contribution in [3.05, 3.63) is 56.4 Å². The molecular formula is C20H21N3O2S2. The van der Waals surface area contributed by atoms with Gasteiger partial charge in [0.2, 0.25) is 5.91 Å². The van der Waals surface area contributed by atoms with E-state index in [1.165, 1.54) is 27.8 Å². The second kappa shape index (κ2) is 7.86. The molecule has 0 fully saturated rings. The van der Waals surface area contributed by atoms with Gasteiger partial charge in [-0.1, -0.05) is 19.1 Å². The van der Waals surface area contributed by atoms with Crippen LogP contribution in [0.3, 0.4) is 0 Å². The van der Waals surface area contributed by atoms with Crippen LogP contribution in [0.25, 0.3) is 10.2 Å². The minimum absolute atomic E-state index is 0.0455. The number of nitrogens with one attached hydrogen (secondary N) is 2. The van der Waals surface area contributed by atoms with Crippen LogP contribution in [-0.2, 0) is 29.8 Å². The molecule has 2 N–H and O–H groups in total. The van der Waals surface area contributed by atoms with Gasteiger partial charge in [-0.15, -0.1) is 23.1 Å². The Labute approximate surface area is 165 Å². The molecule has 0 bridgehead atoms. The summed E-state index contributed by atoms with van der Waals surface area (Å²) in [7, 11) is 0. The quantitative estimate of drug-likeness (QED) is 0.659. The summed E-state index contributed by atoms with van der Waals surface area (Å²) in [6, 6.07) is 7.88. The molecule has 1 aromatic carbocycles. The van der Waals surface area contributed by atoms with Crippen LogP contribution in [0.2, 0.25) is 0 Å². The Morgan fingerprint density at radius 2 is 2.26 bits per heavy atom. The largest absolute Gasteiger partial charge is 0.325 e. The number of aromatic amines is 1. The molecule has 4 rings (SSSR count). The molecule has 27 heavy (non-hydrogen) atoms. The summed E-state index contributed by atoms with van der Waals surface area (Å²) >= 11 is 3.09. The fourth-order valence-electron chi connectivity index (χ4n) is 3.42. The Morgan fingerprint density at radius 1 is 1.37 bits per heavy atom. The smallest absolute Gasteiger partial charge is 0.259 e. The average molecular weight is 400 g/mol. The van der Waals surface area contributed by atoms with Crippen molar-refractivity contribution in [3.63, 3.8) is 0 Å². The summed E-state index contributed by atoms with van der Waals surface area (Å²) in [6.45, 7) is 2.09. The fourth-order valence-corrected chi connectivity index (χ4v) is 5.39. The van der Waals surface area contributed by atoms with Gasteiger partial charge in [0, 0.05) is 10.6 Å². The van der Waals surface area contributed by atoms with E-state index < -0.39 is 0 Å². The molecule has 0 aliphatic heterocycles. The van der Waals surface area contributed by atoms with Gasteiger partial charge in [0.15, 0.2) is 0 Å². The summed E-state index contributed by atoms with van der Waals surface area (Å²) in [5, 5.41) is 3.69. The Hall–Kier alpha value is -2.12. The number of carbonyl (C=O) groups excluding carboxylic acids is 1. The maximum atomic E-state index is 12.4. The van der Waals surface area contributed by atoms with Crippen LogP contribution < -0.4 is 10.9 Å². The van der Waals surface area contributed by atoms with Crippen LogP contribution in [0.15, 0.2) is 29.1 Å². The van der Waals surface area contributed by atoms with Gasteiger partial charge in [-0.05, 0) is 48.9 Å². The van der Waals surface area contributed by atoms with Crippen LogP contribution >= 0.6 is 23.1 Å². The maximum Gasteiger partial charge on any atom is 0.259 e. The Balaban J connectivity index is 1.37. The highest BCUT2D eigenvalue weighted by molar-refractivity contribution is 7.99. The highest BCUT2D eigenvalue weighted by Gasteiger charge is 2.21. The van der Waals surface area contributed by atoms with Crippen molar-refractivity contribution in [1.29, 1.82) is 0 Å². The van der Waals surface area contributed by atoms with E-state index in [2.05, 4.69) is 22.2 Å². The number of nitrogens with zero attached hydrogens (tertiary/aromatic N) is 1. The lowest BCUT2D eigenvalue weighted by Crippen LogP contribution is -2.15. The van der Waals surface area contributed by atoms with Gasteiger partial charge in [0.05, 0.1) is 16.9 Å². The number of carbonyl (C=O) groups is 1. The second-order valence-corrected chi connectivity index (χ2v) is 8.71. The van der Waals surface area contributed by atoms with Crippen molar-refractivity contribution in [2.24, 2.45) is 0 Å². The number of benzene rings is 1. The van der Waals surface area contributed by atoms with E-state index in [0.29, 0.717) is 17.3 Å². The van der Waals surface area contributed by atoms with Gasteiger partial charge in [-0.25, -0.2) is 4.98 Å². The van der Waals surface area contributed by atoms with Crippen molar-refractivity contribution in [2.45, 2.75) is 38.4 Å². The lowest BCUT2D eigenvalue weighted by atomic mass is 10.1. The highest BCUT2D eigenvalue weighted by atomic mass is 32.2. The molecule has 0 saturated carbocycles. The summed E-state index contributed by atoms with van der Waals surface area (Å²) in [5.74, 6) is 1.42. The van der Waals surface area contributed by atoms with E-state index in [4.69, 9.17) is 0 Å². The number of aryl methyl sites for hydroxylation is 3.